The van der Waals surface area contributed by atoms with E-state index in [1.807, 2.05) is 30.3 Å². The largest absolute Gasteiger partial charge is 0.347 e. The van der Waals surface area contributed by atoms with Gasteiger partial charge in [-0.3, -0.25) is 4.79 Å². The molecule has 102 valence electrons. The van der Waals surface area contributed by atoms with Gasteiger partial charge in [0.25, 0.3) is 0 Å². The molecule has 0 bridgehead atoms. The topological polar surface area (TPSA) is 35.5 Å². The van der Waals surface area contributed by atoms with Crippen LogP contribution in [0.15, 0.2) is 45.2 Å². The average Bonchev–Trinajstić information content (AvgIpc) is 2.63. The summed E-state index contributed by atoms with van der Waals surface area (Å²) < 4.78 is 10.7. The van der Waals surface area contributed by atoms with Crippen molar-refractivity contribution in [3.05, 3.63) is 40.3 Å². The van der Waals surface area contributed by atoms with E-state index in [0.29, 0.717) is 4.91 Å². The van der Waals surface area contributed by atoms with Gasteiger partial charge in [0, 0.05) is 19.1 Å². The lowest BCUT2D eigenvalue weighted by Crippen LogP contribution is -2.43. The molecule has 0 fully saturated rings. The summed E-state index contributed by atoms with van der Waals surface area (Å²) >= 11 is 13.5. The van der Waals surface area contributed by atoms with Gasteiger partial charge in [0.05, 0.1) is 4.91 Å². The summed E-state index contributed by atoms with van der Waals surface area (Å²) in [6, 6.07) is 9.51. The second-order valence-corrected chi connectivity index (χ2v) is 5.76. The summed E-state index contributed by atoms with van der Waals surface area (Å²) in [4.78, 5) is 13.3. The van der Waals surface area contributed by atoms with E-state index in [0.717, 1.165) is 4.90 Å². The van der Waals surface area contributed by atoms with Crippen molar-refractivity contribution < 1.29 is 14.3 Å². The van der Waals surface area contributed by atoms with Gasteiger partial charge in [0.2, 0.25) is 5.79 Å². The van der Waals surface area contributed by atoms with Gasteiger partial charge in [0.15, 0.2) is 11.2 Å². The summed E-state index contributed by atoms with van der Waals surface area (Å²) in [5.74, 6) is -1.71. The first-order valence-electron chi connectivity index (χ1n) is 5.48. The first-order valence-corrected chi connectivity index (χ1v) is 7.11. The summed E-state index contributed by atoms with van der Waals surface area (Å²) in [5, 5.41) is -0.918. The Morgan fingerprint density at radius 3 is 2.32 bits per heavy atom. The Balaban J connectivity index is 2.42. The molecule has 1 aromatic carbocycles. The van der Waals surface area contributed by atoms with Crippen molar-refractivity contribution in [2.45, 2.75) is 16.1 Å². The molecule has 1 aliphatic rings. The fraction of sp³-hybridized carbons (Fsp3) is 0.308. The predicted octanol–water partition coefficient (Wildman–Crippen LogP) is 3.41. The Kier molecular flexibility index (Phi) is 4.58. The lowest BCUT2D eigenvalue weighted by atomic mass is 10.2. The highest BCUT2D eigenvalue weighted by Crippen LogP contribution is 2.49. The molecule has 0 saturated carbocycles. The van der Waals surface area contributed by atoms with Gasteiger partial charge in [-0.15, -0.1) is 11.6 Å². The fourth-order valence-electron chi connectivity index (χ4n) is 1.86. The Labute approximate surface area is 125 Å². The maximum absolute atomic E-state index is 11.9. The second kappa shape index (κ2) is 5.85. The van der Waals surface area contributed by atoms with Crippen molar-refractivity contribution >= 4 is 40.7 Å². The number of allylic oxidation sites excluding steroid dienone is 1. The van der Waals surface area contributed by atoms with E-state index in [1.165, 1.54) is 26.0 Å². The number of ketones is 1. The lowest BCUT2D eigenvalue weighted by molar-refractivity contribution is -0.171. The molecule has 6 heteroatoms. The van der Waals surface area contributed by atoms with Gasteiger partial charge >= 0.3 is 0 Å². The smallest absolute Gasteiger partial charge is 0.227 e. The van der Waals surface area contributed by atoms with Crippen molar-refractivity contribution in [2.75, 3.05) is 14.2 Å². The average molecular weight is 319 g/mol. The number of halogens is 2. The number of carbonyl (C=O) groups excluding carboxylic acids is 1. The van der Waals surface area contributed by atoms with Gasteiger partial charge < -0.3 is 9.47 Å². The van der Waals surface area contributed by atoms with Gasteiger partial charge in [-0.05, 0) is 12.1 Å². The van der Waals surface area contributed by atoms with E-state index in [-0.39, 0.29) is 10.8 Å². The standard InChI is InChI=1S/C13H12Cl2O3S/c1-17-13(18-2)11(15)10(16)9(14)12(13)19-8-6-4-3-5-7-8/h3-7,11H,1-2H3. The molecule has 0 aromatic heterocycles. The molecule has 1 atom stereocenters. The van der Waals surface area contributed by atoms with Crippen LogP contribution in [0.4, 0.5) is 0 Å². The van der Waals surface area contributed by atoms with Crippen LogP contribution in [0.3, 0.4) is 0 Å². The third-order valence-electron chi connectivity index (χ3n) is 2.87. The van der Waals surface area contributed by atoms with E-state index in [4.69, 9.17) is 32.7 Å². The predicted molar refractivity (Wildman–Crippen MR) is 76.6 cm³/mol. The van der Waals surface area contributed by atoms with Crippen LogP contribution in [0.2, 0.25) is 0 Å². The summed E-state index contributed by atoms with van der Waals surface area (Å²) in [6.07, 6.45) is 0. The SMILES string of the molecule is COC1(OC)C(Sc2ccccc2)=C(Cl)C(=O)C1Cl. The molecule has 2 rings (SSSR count). The zero-order chi connectivity index (χ0) is 14.0. The van der Waals surface area contributed by atoms with Crippen molar-refractivity contribution in [3.8, 4) is 0 Å². The monoisotopic (exact) mass is 318 g/mol. The highest BCUT2D eigenvalue weighted by Gasteiger charge is 2.55. The van der Waals surface area contributed by atoms with Crippen LogP contribution in [-0.2, 0) is 14.3 Å². The van der Waals surface area contributed by atoms with Gasteiger partial charge in [-0.25, -0.2) is 0 Å². The first kappa shape index (κ1) is 14.9. The van der Waals surface area contributed by atoms with E-state index in [9.17, 15) is 4.79 Å². The number of Topliss-reactive ketones (excluding diaryl/α,β-unsaturated/α-hetero) is 1. The van der Waals surface area contributed by atoms with Crippen LogP contribution in [0.5, 0.6) is 0 Å². The van der Waals surface area contributed by atoms with Crippen molar-refractivity contribution in [1.82, 2.24) is 0 Å². The molecule has 1 unspecified atom stereocenters. The number of benzene rings is 1. The molecule has 0 radical (unpaired) electrons. The molecule has 0 aliphatic heterocycles. The van der Waals surface area contributed by atoms with E-state index in [1.54, 1.807) is 0 Å². The zero-order valence-electron chi connectivity index (χ0n) is 10.4. The third kappa shape index (κ3) is 2.43. The minimum atomic E-state index is -1.32. The molecule has 19 heavy (non-hydrogen) atoms. The lowest BCUT2D eigenvalue weighted by Gasteiger charge is -2.30. The van der Waals surface area contributed by atoms with Crippen LogP contribution in [0, 0.1) is 0 Å². The van der Waals surface area contributed by atoms with E-state index in [2.05, 4.69) is 0 Å². The minimum absolute atomic E-state index is 0.0672. The Hall–Kier alpha value is -0.520. The van der Waals surface area contributed by atoms with Gasteiger partial charge in [-0.1, -0.05) is 41.6 Å². The van der Waals surface area contributed by atoms with Crippen molar-refractivity contribution in [3.63, 3.8) is 0 Å². The number of methoxy groups -OCH3 is 2. The summed E-state index contributed by atoms with van der Waals surface area (Å²) in [7, 11) is 2.88. The molecule has 0 spiro atoms. The Morgan fingerprint density at radius 2 is 1.79 bits per heavy atom. The maximum atomic E-state index is 11.9. The van der Waals surface area contributed by atoms with E-state index < -0.39 is 11.2 Å². The van der Waals surface area contributed by atoms with E-state index >= 15 is 0 Å². The number of alkyl halides is 1. The zero-order valence-corrected chi connectivity index (χ0v) is 12.7. The maximum Gasteiger partial charge on any atom is 0.227 e. The first-order chi connectivity index (χ1) is 9.06. The molecular weight excluding hydrogens is 307 g/mol. The number of hydrogen-bond acceptors (Lipinski definition) is 4. The highest BCUT2D eigenvalue weighted by molar-refractivity contribution is 8.03. The number of carbonyl (C=O) groups is 1. The van der Waals surface area contributed by atoms with Crippen LogP contribution < -0.4 is 0 Å². The molecule has 1 aromatic rings. The molecule has 0 N–H and O–H groups in total. The van der Waals surface area contributed by atoms with Crippen LogP contribution in [0.1, 0.15) is 0 Å². The van der Waals surface area contributed by atoms with Crippen LogP contribution in [0.25, 0.3) is 0 Å². The summed E-state index contributed by atoms with van der Waals surface area (Å²) in [5.41, 5.74) is 0. The molecule has 1 aliphatic carbocycles. The third-order valence-corrected chi connectivity index (χ3v) is 5.04. The highest BCUT2D eigenvalue weighted by atomic mass is 35.5. The van der Waals surface area contributed by atoms with Gasteiger partial charge in [0.1, 0.15) is 5.03 Å². The Bertz CT molecular complexity index is 512. The molecule has 0 heterocycles. The number of hydrogen-bond donors (Lipinski definition) is 0. The Morgan fingerprint density at radius 1 is 1.21 bits per heavy atom. The molecule has 0 amide bonds. The molecular formula is C13H12Cl2O3S. The van der Waals surface area contributed by atoms with Crippen molar-refractivity contribution in [1.29, 1.82) is 0 Å². The minimum Gasteiger partial charge on any atom is -0.347 e. The summed E-state index contributed by atoms with van der Waals surface area (Å²) in [6.45, 7) is 0. The fourth-order valence-corrected chi connectivity index (χ4v) is 3.88. The van der Waals surface area contributed by atoms with Crippen LogP contribution in [-0.4, -0.2) is 31.2 Å². The number of ether oxygens (including phenoxy) is 2. The molecule has 3 nitrogen and oxygen atoms in total. The number of rotatable bonds is 4. The quantitative estimate of drug-likeness (QED) is 0.629. The normalized spacial score (nSPS) is 22.1. The van der Waals surface area contributed by atoms with Crippen LogP contribution >= 0.6 is 35.0 Å². The number of thioether (sulfide) groups is 1. The van der Waals surface area contributed by atoms with Gasteiger partial charge in [-0.2, -0.15) is 0 Å². The van der Waals surface area contributed by atoms with Crippen molar-refractivity contribution in [2.24, 2.45) is 0 Å². The second-order valence-electron chi connectivity index (χ2n) is 3.86. The molecule has 0 saturated heterocycles.